The number of rotatable bonds is 13. The molecule has 0 aliphatic carbocycles. The number of nitrogens with one attached hydrogen (secondary N) is 4. The number of benzene rings is 1. The molecule has 2 aliphatic heterocycles. The zero-order chi connectivity index (χ0) is 42.5. The van der Waals surface area contributed by atoms with Crippen LogP contribution in [0.2, 0.25) is 0 Å². The van der Waals surface area contributed by atoms with E-state index in [4.69, 9.17) is 19.9 Å². The number of alkyl halides is 3. The van der Waals surface area contributed by atoms with Crippen LogP contribution in [0.25, 0.3) is 10.9 Å². The van der Waals surface area contributed by atoms with Crippen molar-refractivity contribution >= 4 is 67.9 Å². The van der Waals surface area contributed by atoms with E-state index in [0.717, 1.165) is 41.1 Å². The molecule has 25 heteroatoms. The van der Waals surface area contributed by atoms with Crippen molar-refractivity contribution in [1.82, 2.24) is 46.3 Å². The van der Waals surface area contributed by atoms with Gasteiger partial charge in [0.2, 0.25) is 17.7 Å². The summed E-state index contributed by atoms with van der Waals surface area (Å²) in [6.45, 7) is 13.2. The van der Waals surface area contributed by atoms with Gasteiger partial charge >= 0.3 is 17.5 Å². The van der Waals surface area contributed by atoms with Crippen LogP contribution in [0.5, 0.6) is 5.75 Å². The molecule has 0 saturated carbocycles. The van der Waals surface area contributed by atoms with Crippen LogP contribution in [0, 0.1) is 0 Å². The molecular formula is C32H43F3N12O8S2. The number of nitrogen functional groups attached to an aromatic ring is 1. The molecule has 1 aromatic carbocycles. The second kappa shape index (κ2) is 20.7. The number of carbonyl (C=O) groups excluding carboxylic acids is 3. The molecule has 2 fully saturated rings. The first-order valence-corrected chi connectivity index (χ1v) is 19.2. The number of hydrogen-bond donors (Lipinski definition) is 6. The number of oxime groups is 1. The van der Waals surface area contributed by atoms with Crippen LogP contribution < -0.4 is 26.4 Å². The van der Waals surface area contributed by atoms with E-state index in [1.54, 1.807) is 6.07 Å². The molecule has 3 atom stereocenters. The predicted molar refractivity (Wildman–Crippen MR) is 203 cm³/mol. The number of ketones is 1. The Bertz CT molecular complexity index is 2010. The van der Waals surface area contributed by atoms with Crippen molar-refractivity contribution in [3.05, 3.63) is 47.2 Å². The smallest absolute Gasteiger partial charge is 0.449 e. The quantitative estimate of drug-likeness (QED) is 0.0488. The Balaban J connectivity index is 0.000000707. The lowest BCUT2D eigenvalue weighted by molar-refractivity contribution is -0.216. The molecule has 0 bridgehead atoms. The summed E-state index contributed by atoms with van der Waals surface area (Å²) in [7, 11) is 0. The number of nitrogens with two attached hydrogens (primary N) is 1. The number of hydrogen-bond acceptors (Lipinski definition) is 17. The van der Waals surface area contributed by atoms with Crippen LogP contribution in [0.1, 0.15) is 66.1 Å². The number of β-lactam (4-membered cyclic amide) rings is 1. The number of Topliss-reactive ketones (excluding diaryl/α,β-unsaturated/α-hetero) is 1. The van der Waals surface area contributed by atoms with Gasteiger partial charge in [-0.15, -0.1) is 25.8 Å². The Labute approximate surface area is 330 Å². The lowest BCUT2D eigenvalue weighted by Crippen LogP contribution is -2.76. The van der Waals surface area contributed by atoms with Crippen molar-refractivity contribution in [3.63, 3.8) is 0 Å². The number of thiazole rings is 1. The minimum absolute atomic E-state index is 0.0754. The number of carbonyl (C=O) groups is 3. The topological polar surface area (TPSA) is 274 Å². The number of fused-ring (bicyclic) bond motifs is 1. The molecule has 0 spiro atoms. The largest absolute Gasteiger partial charge is 0.489 e. The fourth-order valence-electron chi connectivity index (χ4n) is 4.61. The Hall–Kier alpha value is -5.37. The lowest BCUT2D eigenvalue weighted by atomic mass is 9.84. The number of tetrazole rings is 1. The molecule has 5 heterocycles. The van der Waals surface area contributed by atoms with E-state index in [-0.39, 0.29) is 29.0 Å². The molecule has 2 amide bonds. The van der Waals surface area contributed by atoms with E-state index in [1.807, 2.05) is 52.0 Å². The average Bonchev–Trinajstić information content (AvgIpc) is 3.86. The van der Waals surface area contributed by atoms with Crippen molar-refractivity contribution in [3.8, 4) is 5.75 Å². The first-order chi connectivity index (χ1) is 27.0. The Morgan fingerprint density at radius 1 is 1.18 bits per heavy atom. The van der Waals surface area contributed by atoms with Gasteiger partial charge in [-0.25, -0.2) is 9.97 Å². The van der Waals surface area contributed by atoms with Gasteiger partial charge in [-0.2, -0.15) is 27.7 Å². The molecule has 3 aromatic heterocycles. The van der Waals surface area contributed by atoms with Crippen molar-refractivity contribution in [2.45, 2.75) is 78.4 Å². The third-order valence-corrected chi connectivity index (χ3v) is 8.54. The van der Waals surface area contributed by atoms with Crippen LogP contribution >= 0.6 is 11.3 Å². The van der Waals surface area contributed by atoms with Gasteiger partial charge in [-0.3, -0.25) is 18.9 Å². The molecule has 7 N–H and O–H groups in total. The molecule has 4 aromatic rings. The van der Waals surface area contributed by atoms with Crippen LogP contribution in [-0.2, 0) is 34.9 Å². The molecule has 2 saturated heterocycles. The van der Waals surface area contributed by atoms with Gasteiger partial charge in [0.1, 0.15) is 29.9 Å². The second-order valence-corrected chi connectivity index (χ2v) is 13.2. The number of hydroxylamine groups is 2. The summed E-state index contributed by atoms with van der Waals surface area (Å²) in [6.07, 6.45) is -5.68. The van der Waals surface area contributed by atoms with Gasteiger partial charge in [-0.05, 0) is 44.2 Å². The maximum Gasteiger partial charge on any atom is 0.449 e. The van der Waals surface area contributed by atoms with Crippen LogP contribution in [0.4, 0.5) is 24.1 Å². The Morgan fingerprint density at radius 3 is 2.39 bits per heavy atom. The van der Waals surface area contributed by atoms with Crippen LogP contribution in [0.3, 0.4) is 0 Å². The third-order valence-electron chi connectivity index (χ3n) is 7.59. The lowest BCUT2D eigenvalue weighted by Gasteiger charge is -2.50. The van der Waals surface area contributed by atoms with Crippen molar-refractivity contribution in [2.24, 2.45) is 5.16 Å². The SMILES string of the molecule is CC.CC.CC(=O)C(F)(F)F.CC1(C)C(NC(=O)/C(=N\OC(COc2ccc3nc(NC4CNC4)ccc3c2)c2nn[nH]n2)c2csc(N)n2)C(=O)N1OS(=O)O. The van der Waals surface area contributed by atoms with Gasteiger partial charge in [-0.1, -0.05) is 38.1 Å². The number of halogens is 3. The standard InChI is InChI=1S/C25H28N12O7S2.C3H3F3O.2C2H6/c1-25(2)20(23(39)37(25)44-46(40)41)31-22(38)19(16-11-45-24(26)30-16)34-43-17(21-32-35-36-33-21)10-42-14-4-5-15-12(7-14)3-6-18(29-15)28-13-8-27-9-13;1-2(7)3(4,5)6;2*1-2/h3-7,11,13,17,20,27H,8-10H2,1-2H3,(H2,26,30)(H,28,29)(H,31,38)(H,40,41)(H,32,33,35,36);1H3;2*1-2H3/b34-19-;;;. The minimum Gasteiger partial charge on any atom is -0.489 e. The average molecular weight is 845 g/mol. The van der Waals surface area contributed by atoms with E-state index >= 15 is 0 Å². The third kappa shape index (κ3) is 12.3. The van der Waals surface area contributed by atoms with Crippen LogP contribution in [0.15, 0.2) is 40.9 Å². The number of amides is 2. The number of nitrogens with zero attached hydrogens (tertiary/aromatic N) is 7. The van der Waals surface area contributed by atoms with E-state index in [2.05, 4.69) is 56.0 Å². The summed E-state index contributed by atoms with van der Waals surface area (Å²) in [4.78, 5) is 49.8. The zero-order valence-corrected chi connectivity index (χ0v) is 33.4. The normalized spacial score (nSPS) is 17.1. The maximum atomic E-state index is 13.4. The van der Waals surface area contributed by atoms with E-state index in [1.165, 1.54) is 19.2 Å². The molecule has 312 valence electrons. The summed E-state index contributed by atoms with van der Waals surface area (Å²) in [5.74, 6) is -1.96. The molecule has 57 heavy (non-hydrogen) atoms. The van der Waals surface area contributed by atoms with E-state index in [0.29, 0.717) is 23.8 Å². The molecular weight excluding hydrogens is 802 g/mol. The molecule has 2 aliphatic rings. The van der Waals surface area contributed by atoms with Gasteiger partial charge in [0, 0.05) is 30.8 Å². The summed E-state index contributed by atoms with van der Waals surface area (Å²) in [6, 6.07) is 8.49. The minimum atomic E-state index is -4.64. The number of aromatic amines is 1. The first-order valence-electron chi connectivity index (χ1n) is 17.2. The van der Waals surface area contributed by atoms with Gasteiger partial charge in [0.15, 0.2) is 10.8 Å². The number of anilines is 2. The molecule has 6 rings (SSSR count). The van der Waals surface area contributed by atoms with Gasteiger partial charge < -0.3 is 31.3 Å². The Kier molecular flexibility index (Phi) is 16.7. The summed E-state index contributed by atoms with van der Waals surface area (Å²) in [5.41, 5.74) is 5.18. The number of ether oxygens (including phenoxy) is 1. The zero-order valence-electron chi connectivity index (χ0n) is 31.8. The molecule has 20 nitrogen and oxygen atoms in total. The van der Waals surface area contributed by atoms with E-state index in [9.17, 15) is 31.8 Å². The maximum absolute atomic E-state index is 13.4. The van der Waals surface area contributed by atoms with Crippen molar-refractivity contribution in [2.75, 3.05) is 30.7 Å². The predicted octanol–water partition coefficient (Wildman–Crippen LogP) is 3.08. The highest BCUT2D eigenvalue weighted by Gasteiger charge is 2.57. The summed E-state index contributed by atoms with van der Waals surface area (Å²) < 4.78 is 63.2. The van der Waals surface area contributed by atoms with Gasteiger partial charge in [0.25, 0.3) is 11.8 Å². The van der Waals surface area contributed by atoms with Crippen LogP contribution in [-0.4, -0.2) is 111 Å². The fraction of sp³-hybridized carbons (Fsp3) is 0.469. The number of pyridine rings is 1. The Morgan fingerprint density at radius 2 is 1.86 bits per heavy atom. The van der Waals surface area contributed by atoms with Crippen molar-refractivity contribution < 1.29 is 50.2 Å². The molecule has 3 unspecified atom stereocenters. The highest BCUT2D eigenvalue weighted by molar-refractivity contribution is 7.74. The second-order valence-electron chi connectivity index (χ2n) is 11.8. The highest BCUT2D eigenvalue weighted by Crippen LogP contribution is 2.32. The highest BCUT2D eigenvalue weighted by atomic mass is 32.2. The summed E-state index contributed by atoms with van der Waals surface area (Å²) in [5, 5.41) is 30.2. The molecule has 0 radical (unpaired) electrons. The fourth-order valence-corrected chi connectivity index (χ4v) is 5.55. The van der Waals surface area contributed by atoms with Crippen molar-refractivity contribution in [1.29, 1.82) is 0 Å². The summed E-state index contributed by atoms with van der Waals surface area (Å²) >= 11 is -1.67. The van der Waals surface area contributed by atoms with E-state index < -0.39 is 52.8 Å². The first kappa shape index (κ1) is 46.0. The van der Waals surface area contributed by atoms with Gasteiger partial charge in [0.05, 0.1) is 17.1 Å². The number of H-pyrrole nitrogens is 1. The monoisotopic (exact) mass is 844 g/mol. The number of aromatic nitrogens is 6.